The highest BCUT2D eigenvalue weighted by Crippen LogP contribution is 2.25. The molecule has 3 aromatic carbocycles. The zero-order chi connectivity index (χ0) is 29.2. The number of benzene rings is 3. The van der Waals surface area contributed by atoms with E-state index in [9.17, 15) is 22.4 Å². The van der Waals surface area contributed by atoms with Gasteiger partial charge in [0.2, 0.25) is 15.9 Å². The van der Waals surface area contributed by atoms with E-state index in [0.29, 0.717) is 24.3 Å². The number of ether oxygens (including phenoxy) is 2. The number of hydrogen-bond acceptors (Lipinski definition) is 6. The van der Waals surface area contributed by atoms with Crippen LogP contribution in [-0.2, 0) is 30.9 Å². The number of morpholine rings is 1. The van der Waals surface area contributed by atoms with Gasteiger partial charge in [0, 0.05) is 26.2 Å². The van der Waals surface area contributed by atoms with Crippen molar-refractivity contribution >= 4 is 21.8 Å². The summed E-state index contributed by atoms with van der Waals surface area (Å²) in [5.41, 5.74) is 1.21. The molecular weight excluding hydrogens is 549 g/mol. The lowest BCUT2D eigenvalue weighted by atomic mass is 10.0. The minimum absolute atomic E-state index is 0.0142. The van der Waals surface area contributed by atoms with Gasteiger partial charge < -0.3 is 19.7 Å². The maximum Gasteiger partial charge on any atom is 0.261 e. The molecule has 0 bridgehead atoms. The molecule has 1 N–H and O–H groups in total. The van der Waals surface area contributed by atoms with Crippen LogP contribution in [0.15, 0.2) is 96.4 Å². The van der Waals surface area contributed by atoms with E-state index in [1.165, 1.54) is 51.7 Å². The van der Waals surface area contributed by atoms with E-state index in [4.69, 9.17) is 9.47 Å². The Hall–Kier alpha value is -4.06. The fraction of sp³-hybridized carbons (Fsp3) is 0.267. The molecular formula is C30H32FN3O6S. The summed E-state index contributed by atoms with van der Waals surface area (Å²) in [5.74, 6) is -1.04. The Morgan fingerprint density at radius 3 is 2.32 bits per heavy atom. The van der Waals surface area contributed by atoms with Gasteiger partial charge in [-0.15, -0.1) is 6.58 Å². The summed E-state index contributed by atoms with van der Waals surface area (Å²) in [5, 5.41) is 2.76. The standard InChI is InChI=1S/C30H32FN3O6S/c1-2-16-32-30(36)29(24-6-4-3-5-7-24)34(21-23-8-10-25(31)11-9-23)28(35)22-40-26-12-14-27(15-13-26)41(37,38)33-17-19-39-20-18-33/h2-15,29H,1,16-22H2,(H,32,36)/t29-/m1/s1. The molecule has 1 aliphatic rings. The average molecular weight is 582 g/mol. The van der Waals surface area contributed by atoms with Crippen LogP contribution in [0, 0.1) is 5.82 Å². The Labute approximate surface area is 239 Å². The van der Waals surface area contributed by atoms with Crippen molar-refractivity contribution in [3.8, 4) is 5.75 Å². The fourth-order valence-electron chi connectivity index (χ4n) is 4.36. The van der Waals surface area contributed by atoms with Crippen LogP contribution in [0.3, 0.4) is 0 Å². The molecule has 9 nitrogen and oxygen atoms in total. The Morgan fingerprint density at radius 2 is 1.68 bits per heavy atom. The molecule has 41 heavy (non-hydrogen) atoms. The van der Waals surface area contributed by atoms with Gasteiger partial charge in [0.1, 0.15) is 17.6 Å². The highest BCUT2D eigenvalue weighted by molar-refractivity contribution is 7.89. The summed E-state index contributed by atoms with van der Waals surface area (Å²) < 4.78 is 51.7. The molecule has 1 saturated heterocycles. The van der Waals surface area contributed by atoms with Crippen LogP contribution >= 0.6 is 0 Å². The molecule has 3 aromatic rings. The minimum Gasteiger partial charge on any atom is -0.484 e. The van der Waals surface area contributed by atoms with Crippen LogP contribution in [0.2, 0.25) is 0 Å². The second-order valence-corrected chi connectivity index (χ2v) is 11.2. The van der Waals surface area contributed by atoms with Crippen LogP contribution in [-0.4, -0.2) is 68.9 Å². The van der Waals surface area contributed by atoms with Gasteiger partial charge in [-0.1, -0.05) is 48.5 Å². The SMILES string of the molecule is C=CCNC(=O)[C@@H](c1ccccc1)N(Cc1ccc(F)cc1)C(=O)COc1ccc(S(=O)(=O)N2CCOCC2)cc1. The van der Waals surface area contributed by atoms with Crippen molar-refractivity contribution in [2.45, 2.75) is 17.5 Å². The summed E-state index contributed by atoms with van der Waals surface area (Å²) in [6.07, 6.45) is 1.54. The van der Waals surface area contributed by atoms with Gasteiger partial charge in [0.15, 0.2) is 6.61 Å². The first kappa shape index (κ1) is 29.9. The molecule has 0 spiro atoms. The number of nitrogens with one attached hydrogen (secondary N) is 1. The zero-order valence-electron chi connectivity index (χ0n) is 22.4. The van der Waals surface area contributed by atoms with Crippen LogP contribution in [0.25, 0.3) is 0 Å². The lowest BCUT2D eigenvalue weighted by molar-refractivity contribution is -0.143. The summed E-state index contributed by atoms with van der Waals surface area (Å²) in [6.45, 7) is 4.67. The molecule has 1 fully saturated rings. The fourth-order valence-corrected chi connectivity index (χ4v) is 5.77. The van der Waals surface area contributed by atoms with Crippen molar-refractivity contribution in [3.63, 3.8) is 0 Å². The topological polar surface area (TPSA) is 105 Å². The van der Waals surface area contributed by atoms with Gasteiger partial charge in [-0.25, -0.2) is 12.8 Å². The number of rotatable bonds is 12. The van der Waals surface area contributed by atoms with E-state index in [0.717, 1.165) is 0 Å². The maximum atomic E-state index is 13.6. The highest BCUT2D eigenvalue weighted by atomic mass is 32.2. The number of carbonyl (C=O) groups excluding carboxylic acids is 2. The van der Waals surface area contributed by atoms with Crippen LogP contribution in [0.5, 0.6) is 5.75 Å². The molecule has 1 heterocycles. The predicted molar refractivity (Wildman–Crippen MR) is 151 cm³/mol. The van der Waals surface area contributed by atoms with E-state index in [-0.39, 0.29) is 36.8 Å². The number of amides is 2. The normalized spacial score (nSPS) is 14.6. The molecule has 0 aromatic heterocycles. The Balaban J connectivity index is 1.55. The Bertz CT molecular complexity index is 1430. The first-order chi connectivity index (χ1) is 19.8. The second-order valence-electron chi connectivity index (χ2n) is 9.27. The van der Waals surface area contributed by atoms with E-state index >= 15 is 0 Å². The van der Waals surface area contributed by atoms with E-state index < -0.39 is 40.3 Å². The van der Waals surface area contributed by atoms with Crippen LogP contribution in [0.4, 0.5) is 4.39 Å². The quantitative estimate of drug-likeness (QED) is 0.329. The zero-order valence-corrected chi connectivity index (χ0v) is 23.3. The maximum absolute atomic E-state index is 13.6. The molecule has 0 unspecified atom stereocenters. The monoisotopic (exact) mass is 581 g/mol. The number of sulfonamides is 1. The lowest BCUT2D eigenvalue weighted by Crippen LogP contribution is -2.45. The molecule has 2 amide bonds. The van der Waals surface area contributed by atoms with Crippen molar-refractivity contribution in [2.24, 2.45) is 0 Å². The minimum atomic E-state index is -3.68. The van der Waals surface area contributed by atoms with Gasteiger partial charge in [0.25, 0.3) is 5.91 Å². The Kier molecular flexibility index (Phi) is 10.2. The van der Waals surface area contributed by atoms with E-state index in [2.05, 4.69) is 11.9 Å². The van der Waals surface area contributed by atoms with Gasteiger partial charge in [-0.05, 0) is 47.5 Å². The third kappa shape index (κ3) is 7.78. The lowest BCUT2D eigenvalue weighted by Gasteiger charge is -2.31. The highest BCUT2D eigenvalue weighted by Gasteiger charge is 2.32. The van der Waals surface area contributed by atoms with E-state index in [1.54, 1.807) is 42.5 Å². The number of hydrogen-bond donors (Lipinski definition) is 1. The third-order valence-corrected chi connectivity index (χ3v) is 8.39. The van der Waals surface area contributed by atoms with Crippen molar-refractivity contribution in [3.05, 3.63) is 108 Å². The van der Waals surface area contributed by atoms with Gasteiger partial charge in [-0.3, -0.25) is 9.59 Å². The molecule has 216 valence electrons. The second kappa shape index (κ2) is 14.0. The third-order valence-electron chi connectivity index (χ3n) is 6.48. The van der Waals surface area contributed by atoms with Crippen molar-refractivity contribution in [1.82, 2.24) is 14.5 Å². The van der Waals surface area contributed by atoms with Gasteiger partial charge in [0.05, 0.1) is 18.1 Å². The van der Waals surface area contributed by atoms with Crippen molar-refractivity contribution in [1.29, 1.82) is 0 Å². The number of halogens is 1. The molecule has 11 heteroatoms. The first-order valence-electron chi connectivity index (χ1n) is 13.1. The summed E-state index contributed by atoms with van der Waals surface area (Å²) in [7, 11) is -3.68. The molecule has 1 atom stereocenters. The summed E-state index contributed by atoms with van der Waals surface area (Å²) in [6, 6.07) is 19.3. The molecule has 0 aliphatic carbocycles. The van der Waals surface area contributed by atoms with Crippen LogP contribution in [0.1, 0.15) is 17.2 Å². The molecule has 4 rings (SSSR count). The first-order valence-corrected chi connectivity index (χ1v) is 14.5. The molecule has 1 aliphatic heterocycles. The van der Waals surface area contributed by atoms with Gasteiger partial charge >= 0.3 is 0 Å². The van der Waals surface area contributed by atoms with Crippen molar-refractivity contribution < 1.29 is 31.9 Å². The van der Waals surface area contributed by atoms with Gasteiger partial charge in [-0.2, -0.15) is 4.31 Å². The molecule has 0 radical (unpaired) electrons. The molecule has 0 saturated carbocycles. The number of nitrogens with zero attached hydrogens (tertiary/aromatic N) is 2. The largest absolute Gasteiger partial charge is 0.484 e. The van der Waals surface area contributed by atoms with Crippen LogP contribution < -0.4 is 10.1 Å². The smallest absolute Gasteiger partial charge is 0.261 e. The summed E-state index contributed by atoms with van der Waals surface area (Å²) >= 11 is 0. The summed E-state index contributed by atoms with van der Waals surface area (Å²) in [4.78, 5) is 28.4. The Morgan fingerprint density at radius 1 is 1.02 bits per heavy atom. The van der Waals surface area contributed by atoms with E-state index in [1.807, 2.05) is 0 Å². The van der Waals surface area contributed by atoms with Crippen molar-refractivity contribution in [2.75, 3.05) is 39.5 Å². The average Bonchev–Trinajstić information content (AvgIpc) is 3.00. The number of carbonyl (C=O) groups is 2. The predicted octanol–water partition coefficient (Wildman–Crippen LogP) is 3.30.